The lowest BCUT2D eigenvalue weighted by molar-refractivity contribution is -0.384. The molecule has 12 heteroatoms. The van der Waals surface area contributed by atoms with E-state index in [1.807, 2.05) is 0 Å². The molecule has 166 valence electrons. The van der Waals surface area contributed by atoms with E-state index in [1.165, 1.54) is 18.2 Å². The van der Waals surface area contributed by atoms with Gasteiger partial charge in [-0.2, -0.15) is 0 Å². The van der Waals surface area contributed by atoms with Crippen LogP contribution in [0.15, 0.2) is 30.3 Å². The van der Waals surface area contributed by atoms with E-state index < -0.39 is 15.8 Å². The molecule has 0 unspecified atom stereocenters. The molecule has 3 aromatic rings. The third kappa shape index (κ3) is 4.49. The molecule has 32 heavy (non-hydrogen) atoms. The lowest BCUT2D eigenvalue weighted by atomic mass is 9.81. The molecule has 0 amide bonds. The van der Waals surface area contributed by atoms with E-state index in [1.54, 1.807) is 12.1 Å². The molecule has 0 radical (unpaired) electrons. The number of aliphatic carboxylic acids is 1. The number of nitro groups is 2. The monoisotopic (exact) mass is 457 g/mol. The summed E-state index contributed by atoms with van der Waals surface area (Å²) in [6.45, 7) is 0.239. The zero-order valence-corrected chi connectivity index (χ0v) is 17.6. The maximum atomic E-state index is 11.3. The number of carboxylic acids is 1. The van der Waals surface area contributed by atoms with Crippen LogP contribution in [0.2, 0.25) is 0 Å². The fraction of sp³-hybridized carbons (Fsp3) is 0.350. The molecular weight excluding hydrogens is 438 g/mol. The van der Waals surface area contributed by atoms with Crippen LogP contribution >= 0.6 is 11.3 Å². The summed E-state index contributed by atoms with van der Waals surface area (Å²) in [4.78, 5) is 42.2. The van der Waals surface area contributed by atoms with Crippen molar-refractivity contribution in [3.05, 3.63) is 61.9 Å². The van der Waals surface area contributed by atoms with Crippen molar-refractivity contribution in [3.63, 3.8) is 0 Å². The molecule has 0 saturated heterocycles. The minimum atomic E-state index is -0.798. The smallest absolute Gasteiger partial charge is 0.326 e. The van der Waals surface area contributed by atoms with Crippen LogP contribution in [0.25, 0.3) is 10.2 Å². The van der Waals surface area contributed by atoms with E-state index in [4.69, 9.17) is 0 Å². The number of aromatic nitrogens is 2. The van der Waals surface area contributed by atoms with Crippen LogP contribution in [0.5, 0.6) is 0 Å². The molecule has 1 aliphatic rings. The summed E-state index contributed by atoms with van der Waals surface area (Å²) in [5.74, 6) is -0.257. The molecule has 1 saturated carbocycles. The number of hydrogen-bond acceptors (Lipinski definition) is 9. The predicted molar refractivity (Wildman–Crippen MR) is 117 cm³/mol. The van der Waals surface area contributed by atoms with Crippen LogP contribution < -0.4 is 5.32 Å². The maximum Gasteiger partial charge on any atom is 0.326 e. The van der Waals surface area contributed by atoms with Gasteiger partial charge in [0.15, 0.2) is 0 Å². The van der Waals surface area contributed by atoms with Crippen molar-refractivity contribution in [2.45, 2.75) is 38.1 Å². The maximum absolute atomic E-state index is 11.3. The fourth-order valence-electron chi connectivity index (χ4n) is 3.90. The van der Waals surface area contributed by atoms with E-state index >= 15 is 0 Å². The second kappa shape index (κ2) is 8.83. The molecule has 2 N–H and O–H groups in total. The Balaban J connectivity index is 1.64. The summed E-state index contributed by atoms with van der Waals surface area (Å²) >= 11 is 0.958. The quantitative estimate of drug-likeness (QED) is 0.385. The van der Waals surface area contributed by atoms with Gasteiger partial charge in [-0.15, -0.1) is 0 Å². The van der Waals surface area contributed by atoms with Gasteiger partial charge in [0.05, 0.1) is 21.2 Å². The molecule has 1 aliphatic carbocycles. The average molecular weight is 457 g/mol. The van der Waals surface area contributed by atoms with Crippen molar-refractivity contribution >= 4 is 44.0 Å². The number of carboxylic acid groups (broad SMARTS) is 1. The molecule has 1 fully saturated rings. The first kappa shape index (κ1) is 21.6. The van der Waals surface area contributed by atoms with E-state index in [2.05, 4.69) is 15.3 Å². The third-order valence-electron chi connectivity index (χ3n) is 5.60. The number of thiophene rings is 1. The topological polar surface area (TPSA) is 161 Å². The van der Waals surface area contributed by atoms with Crippen molar-refractivity contribution < 1.29 is 19.7 Å². The normalized spacial score (nSPS) is 18.4. The Kier molecular flexibility index (Phi) is 5.95. The number of carbonyl (C=O) groups is 1. The predicted octanol–water partition coefficient (Wildman–Crippen LogP) is 4.48. The summed E-state index contributed by atoms with van der Waals surface area (Å²) in [5, 5.41) is 35.1. The van der Waals surface area contributed by atoms with E-state index in [0.29, 0.717) is 53.1 Å². The summed E-state index contributed by atoms with van der Waals surface area (Å²) < 4.78 is 0. The van der Waals surface area contributed by atoms with Crippen LogP contribution in [-0.2, 0) is 11.3 Å². The molecule has 1 aromatic carbocycles. The van der Waals surface area contributed by atoms with Gasteiger partial charge in [-0.05, 0) is 42.6 Å². The SMILES string of the molecule is O=C(O)C1CCC(c2nc(NCc3cccc([N+](=O)[O-])c3)c3cc([N+](=O)[O-])sc3n2)CC1. The zero-order chi connectivity index (χ0) is 22.8. The Morgan fingerprint density at radius 3 is 2.53 bits per heavy atom. The molecule has 0 spiro atoms. The van der Waals surface area contributed by atoms with Crippen LogP contribution in [0.4, 0.5) is 16.5 Å². The van der Waals surface area contributed by atoms with E-state index in [-0.39, 0.29) is 29.1 Å². The first-order valence-corrected chi connectivity index (χ1v) is 10.8. The Labute approximate surface area is 185 Å². The number of rotatable bonds is 7. The number of nitrogens with one attached hydrogen (secondary N) is 1. The fourth-order valence-corrected chi connectivity index (χ4v) is 4.75. The highest BCUT2D eigenvalue weighted by Gasteiger charge is 2.29. The molecule has 11 nitrogen and oxygen atoms in total. The highest BCUT2D eigenvalue weighted by molar-refractivity contribution is 7.21. The van der Waals surface area contributed by atoms with E-state index in [9.17, 15) is 30.1 Å². The lowest BCUT2D eigenvalue weighted by Crippen LogP contribution is -2.21. The number of nitro benzene ring substituents is 1. The minimum Gasteiger partial charge on any atom is -0.481 e. The molecule has 0 bridgehead atoms. The first-order valence-electron chi connectivity index (χ1n) is 9.97. The van der Waals surface area contributed by atoms with Crippen LogP contribution in [-0.4, -0.2) is 30.9 Å². The second-order valence-electron chi connectivity index (χ2n) is 7.66. The van der Waals surface area contributed by atoms with Crippen LogP contribution in [0.3, 0.4) is 0 Å². The van der Waals surface area contributed by atoms with Gasteiger partial charge in [0.1, 0.15) is 16.5 Å². The van der Waals surface area contributed by atoms with Crippen molar-refractivity contribution in [1.29, 1.82) is 0 Å². The minimum absolute atomic E-state index is 0.0285. The standard InChI is InChI=1S/C20H19N5O6S/c26-20(27)13-6-4-12(5-7-13)17-22-18(15-9-16(25(30)31)32-19(15)23-17)21-10-11-2-1-3-14(8-11)24(28)29/h1-3,8-9,12-13H,4-7,10H2,(H,26,27)(H,21,22,23). The number of fused-ring (bicyclic) bond motifs is 1. The second-order valence-corrected chi connectivity index (χ2v) is 8.67. The zero-order valence-electron chi connectivity index (χ0n) is 16.8. The number of hydrogen-bond donors (Lipinski definition) is 2. The summed E-state index contributed by atoms with van der Waals surface area (Å²) in [5.41, 5.74) is 0.637. The van der Waals surface area contributed by atoms with Gasteiger partial charge in [0.25, 0.3) is 5.69 Å². The Hall–Kier alpha value is -3.67. The molecule has 4 rings (SSSR count). The van der Waals surface area contributed by atoms with E-state index in [0.717, 1.165) is 11.3 Å². The molecule has 0 atom stereocenters. The summed E-state index contributed by atoms with van der Waals surface area (Å²) in [6, 6.07) is 7.60. The molecule has 0 aliphatic heterocycles. The number of anilines is 1. The van der Waals surface area contributed by atoms with Gasteiger partial charge in [0.2, 0.25) is 0 Å². The van der Waals surface area contributed by atoms with Gasteiger partial charge < -0.3 is 10.4 Å². The molecular formula is C20H19N5O6S. The van der Waals surface area contributed by atoms with Gasteiger partial charge in [-0.3, -0.25) is 25.0 Å². The highest BCUT2D eigenvalue weighted by atomic mass is 32.1. The van der Waals surface area contributed by atoms with Gasteiger partial charge in [-0.1, -0.05) is 12.1 Å². The van der Waals surface area contributed by atoms with Gasteiger partial charge in [-0.25, -0.2) is 9.97 Å². The van der Waals surface area contributed by atoms with Gasteiger partial charge >= 0.3 is 11.0 Å². The Bertz CT molecular complexity index is 1200. The van der Waals surface area contributed by atoms with Crippen molar-refractivity contribution in [2.24, 2.45) is 5.92 Å². The van der Waals surface area contributed by atoms with Crippen LogP contribution in [0, 0.1) is 26.1 Å². The lowest BCUT2D eigenvalue weighted by Gasteiger charge is -2.25. The summed E-state index contributed by atoms with van der Waals surface area (Å²) in [7, 11) is 0. The van der Waals surface area contributed by atoms with Gasteiger partial charge in [0, 0.05) is 30.7 Å². The van der Waals surface area contributed by atoms with Crippen LogP contribution in [0.1, 0.15) is 43.0 Å². The Morgan fingerprint density at radius 1 is 1.12 bits per heavy atom. The number of benzene rings is 1. The largest absolute Gasteiger partial charge is 0.481 e. The molecule has 2 aromatic heterocycles. The average Bonchev–Trinajstić information content (AvgIpc) is 3.22. The number of nitrogens with zero attached hydrogens (tertiary/aromatic N) is 4. The summed E-state index contributed by atoms with van der Waals surface area (Å²) in [6.07, 6.45) is 2.31. The van der Waals surface area contributed by atoms with Crippen molar-refractivity contribution in [3.8, 4) is 0 Å². The highest BCUT2D eigenvalue weighted by Crippen LogP contribution is 2.39. The Morgan fingerprint density at radius 2 is 1.88 bits per heavy atom. The van der Waals surface area contributed by atoms with Crippen molar-refractivity contribution in [2.75, 3.05) is 5.32 Å². The van der Waals surface area contributed by atoms with Crippen molar-refractivity contribution in [1.82, 2.24) is 9.97 Å². The molecule has 2 heterocycles. The first-order chi connectivity index (χ1) is 15.3. The number of non-ortho nitro benzene ring substituents is 1. The third-order valence-corrected chi connectivity index (χ3v) is 6.58.